The Morgan fingerprint density at radius 1 is 1.43 bits per heavy atom. The number of hydrogen-bond acceptors (Lipinski definition) is 2. The average molecular weight is 193 g/mol. The number of anilines is 1. The molecule has 0 aromatic heterocycles. The first kappa shape index (κ1) is 10.3. The van der Waals surface area contributed by atoms with Gasteiger partial charge in [-0.2, -0.15) is 0 Å². The van der Waals surface area contributed by atoms with Crippen LogP contribution in [0.5, 0.6) is 0 Å². The molecule has 0 aliphatic carbocycles. The van der Waals surface area contributed by atoms with Crippen molar-refractivity contribution in [1.82, 2.24) is 0 Å². The van der Waals surface area contributed by atoms with E-state index in [4.69, 9.17) is 10.6 Å². The second kappa shape index (κ2) is 5.08. The van der Waals surface area contributed by atoms with Crippen LogP contribution >= 0.6 is 0 Å². The normalized spacial score (nSPS) is 9.50. The molecular weight excluding hydrogens is 182 g/mol. The summed E-state index contributed by atoms with van der Waals surface area (Å²) in [4.78, 5) is 11.0. The van der Waals surface area contributed by atoms with Gasteiger partial charge in [0.05, 0.1) is 6.61 Å². The predicted molar refractivity (Wildman–Crippen MR) is 50.2 cm³/mol. The standard InChI is InChI=1S/C9H11N3O2/c10-11-5-9(14)12-8-3-1-7(6-13)2-4-8/h1-4,11,13H,5-6H2,(H,12,14). The van der Waals surface area contributed by atoms with Crippen LogP contribution in [0.2, 0.25) is 0 Å². The molecule has 0 aliphatic rings. The van der Waals surface area contributed by atoms with Gasteiger partial charge >= 0.3 is 0 Å². The SMILES string of the molecule is [N-]=[NH+]CC(=O)Nc1ccc(CO)cc1. The first-order valence-electron chi connectivity index (χ1n) is 4.13. The Labute approximate surface area is 81.3 Å². The number of nitrogens with zero attached hydrogens (tertiary/aromatic N) is 1. The summed E-state index contributed by atoms with van der Waals surface area (Å²) in [5, 5.41) is 13.1. The van der Waals surface area contributed by atoms with E-state index in [0.717, 1.165) is 5.56 Å². The molecule has 3 N–H and O–H groups in total. The third-order valence-electron chi connectivity index (χ3n) is 1.66. The third-order valence-corrected chi connectivity index (χ3v) is 1.66. The van der Waals surface area contributed by atoms with E-state index in [1.165, 1.54) is 0 Å². The molecule has 1 aromatic rings. The van der Waals surface area contributed by atoms with Crippen LogP contribution < -0.4 is 10.4 Å². The molecule has 0 saturated heterocycles. The maximum absolute atomic E-state index is 11.0. The van der Waals surface area contributed by atoms with Gasteiger partial charge in [-0.25, -0.2) is 0 Å². The Hall–Kier alpha value is -1.75. The summed E-state index contributed by atoms with van der Waals surface area (Å²) in [6.07, 6.45) is 0. The minimum absolute atomic E-state index is 0.0214. The second-order valence-electron chi connectivity index (χ2n) is 2.74. The number of aliphatic hydroxyl groups excluding tert-OH is 1. The fourth-order valence-electron chi connectivity index (χ4n) is 0.970. The molecule has 0 unspecified atom stereocenters. The lowest BCUT2D eigenvalue weighted by Gasteiger charge is -2.02. The van der Waals surface area contributed by atoms with Gasteiger partial charge in [-0.3, -0.25) is 4.79 Å². The molecule has 1 aromatic carbocycles. The van der Waals surface area contributed by atoms with E-state index in [0.29, 0.717) is 5.69 Å². The summed E-state index contributed by atoms with van der Waals surface area (Å²) < 4.78 is 0. The predicted octanol–water partition coefficient (Wildman–Crippen LogP) is -0.780. The topological polar surface area (TPSA) is 85.6 Å². The number of hydrogen-bond donors (Lipinski definition) is 3. The number of aliphatic hydroxyl groups is 1. The number of benzene rings is 1. The smallest absolute Gasteiger partial charge is 0.289 e. The van der Waals surface area contributed by atoms with Crippen LogP contribution in [0.15, 0.2) is 24.3 Å². The van der Waals surface area contributed by atoms with Crippen LogP contribution in [0.4, 0.5) is 5.69 Å². The fourth-order valence-corrected chi connectivity index (χ4v) is 0.970. The van der Waals surface area contributed by atoms with Crippen LogP contribution in [-0.2, 0) is 11.4 Å². The molecule has 0 atom stereocenters. The van der Waals surface area contributed by atoms with Gasteiger partial charge < -0.3 is 21.1 Å². The summed E-state index contributed by atoms with van der Waals surface area (Å²) in [5.74, 6) is -0.329. The van der Waals surface area contributed by atoms with Crippen molar-refractivity contribution >= 4 is 11.6 Å². The van der Waals surface area contributed by atoms with Gasteiger partial charge in [0.15, 0.2) is 0 Å². The highest BCUT2D eigenvalue weighted by molar-refractivity contribution is 5.91. The third kappa shape index (κ3) is 2.95. The summed E-state index contributed by atoms with van der Waals surface area (Å²) in [5.41, 5.74) is 9.66. The number of nitrogens with one attached hydrogen (secondary N) is 2. The van der Waals surface area contributed by atoms with Gasteiger partial charge in [0.25, 0.3) is 5.91 Å². The molecule has 0 saturated carbocycles. The molecule has 0 bridgehead atoms. The van der Waals surface area contributed by atoms with Crippen LogP contribution in [0.25, 0.3) is 5.53 Å². The zero-order chi connectivity index (χ0) is 10.4. The van der Waals surface area contributed by atoms with E-state index in [1.54, 1.807) is 29.4 Å². The van der Waals surface area contributed by atoms with Gasteiger partial charge in [-0.1, -0.05) is 12.1 Å². The van der Waals surface area contributed by atoms with E-state index in [2.05, 4.69) is 5.32 Å². The lowest BCUT2D eigenvalue weighted by molar-refractivity contribution is -0.467. The van der Waals surface area contributed by atoms with Crippen LogP contribution in [0, 0.1) is 0 Å². The van der Waals surface area contributed by atoms with Crippen molar-refractivity contribution in [3.8, 4) is 0 Å². The Bertz CT molecular complexity index is 321. The summed E-state index contributed by atoms with van der Waals surface area (Å²) in [6.45, 7) is -0.172. The Balaban J connectivity index is 2.59. The van der Waals surface area contributed by atoms with E-state index in [1.807, 2.05) is 0 Å². The van der Waals surface area contributed by atoms with Crippen LogP contribution in [-0.4, -0.2) is 17.6 Å². The van der Waals surface area contributed by atoms with Crippen molar-refractivity contribution in [2.75, 3.05) is 11.9 Å². The molecule has 0 fully saturated rings. The first-order valence-corrected chi connectivity index (χ1v) is 4.13. The maximum atomic E-state index is 11.0. The number of rotatable bonds is 4. The quantitative estimate of drug-likeness (QED) is 0.548. The van der Waals surface area contributed by atoms with Crippen LogP contribution in [0.1, 0.15) is 5.56 Å². The molecule has 1 amide bonds. The van der Waals surface area contributed by atoms with E-state index < -0.39 is 0 Å². The molecule has 0 radical (unpaired) electrons. The van der Waals surface area contributed by atoms with Crippen molar-refractivity contribution in [2.24, 2.45) is 0 Å². The molecule has 14 heavy (non-hydrogen) atoms. The van der Waals surface area contributed by atoms with Crippen molar-refractivity contribution in [3.05, 3.63) is 35.4 Å². The minimum atomic E-state index is -0.329. The molecule has 1 rings (SSSR count). The maximum Gasteiger partial charge on any atom is 0.289 e. The van der Waals surface area contributed by atoms with E-state index in [9.17, 15) is 4.79 Å². The second-order valence-corrected chi connectivity index (χ2v) is 2.74. The molecule has 5 heteroatoms. The minimum Gasteiger partial charge on any atom is -0.508 e. The van der Waals surface area contributed by atoms with Crippen molar-refractivity contribution in [2.45, 2.75) is 6.61 Å². The fraction of sp³-hybridized carbons (Fsp3) is 0.222. The Morgan fingerprint density at radius 2 is 2.07 bits per heavy atom. The molecule has 0 aliphatic heterocycles. The van der Waals surface area contributed by atoms with Gasteiger partial charge in [0.2, 0.25) is 6.54 Å². The van der Waals surface area contributed by atoms with Crippen molar-refractivity contribution < 1.29 is 15.0 Å². The lowest BCUT2D eigenvalue weighted by Crippen LogP contribution is -2.66. The number of amides is 1. The average Bonchev–Trinajstić information content (AvgIpc) is 2.19. The molecule has 0 heterocycles. The zero-order valence-electron chi connectivity index (χ0n) is 7.53. The number of carbonyl (C=O) groups is 1. The number of carbonyl (C=O) groups excluding carboxylic acids is 1. The molecule has 5 nitrogen and oxygen atoms in total. The summed E-state index contributed by atoms with van der Waals surface area (Å²) in [7, 11) is 0. The zero-order valence-corrected chi connectivity index (χ0v) is 7.53. The Morgan fingerprint density at radius 3 is 2.57 bits per heavy atom. The van der Waals surface area contributed by atoms with Gasteiger partial charge in [0.1, 0.15) is 0 Å². The van der Waals surface area contributed by atoms with Crippen molar-refractivity contribution in [1.29, 1.82) is 0 Å². The Kier molecular flexibility index (Phi) is 3.75. The van der Waals surface area contributed by atoms with E-state index in [-0.39, 0.29) is 19.1 Å². The largest absolute Gasteiger partial charge is 0.508 e. The molecular formula is C9H11N3O2. The highest BCUT2D eigenvalue weighted by atomic mass is 16.3. The van der Waals surface area contributed by atoms with Gasteiger partial charge in [-0.15, -0.1) is 0 Å². The van der Waals surface area contributed by atoms with Gasteiger partial charge in [0, 0.05) is 5.69 Å². The van der Waals surface area contributed by atoms with Crippen LogP contribution in [0.3, 0.4) is 0 Å². The highest BCUT2D eigenvalue weighted by Gasteiger charge is 2.01. The van der Waals surface area contributed by atoms with Gasteiger partial charge in [-0.05, 0) is 17.7 Å². The molecule has 0 spiro atoms. The summed E-state index contributed by atoms with van der Waals surface area (Å²) in [6, 6.07) is 6.78. The lowest BCUT2D eigenvalue weighted by atomic mass is 10.2. The highest BCUT2D eigenvalue weighted by Crippen LogP contribution is 2.08. The monoisotopic (exact) mass is 193 g/mol. The molecule has 74 valence electrons. The van der Waals surface area contributed by atoms with Crippen molar-refractivity contribution in [3.63, 3.8) is 0 Å². The summed E-state index contributed by atoms with van der Waals surface area (Å²) >= 11 is 0. The van der Waals surface area contributed by atoms with E-state index >= 15 is 0 Å². The first-order chi connectivity index (χ1) is 6.76.